The van der Waals surface area contributed by atoms with Crippen molar-refractivity contribution in [3.05, 3.63) is 24.3 Å². The van der Waals surface area contributed by atoms with Gasteiger partial charge in [0.15, 0.2) is 0 Å². The Bertz CT molecular complexity index is 805. The van der Waals surface area contributed by atoms with Crippen molar-refractivity contribution in [3.63, 3.8) is 0 Å². The first-order valence-corrected chi connectivity index (χ1v) is 10.6. The lowest BCUT2D eigenvalue weighted by Crippen LogP contribution is -2.50. The van der Waals surface area contributed by atoms with E-state index in [2.05, 4.69) is 10.6 Å². The molecule has 24 heavy (non-hydrogen) atoms. The van der Waals surface area contributed by atoms with E-state index in [-0.39, 0.29) is 17.5 Å². The van der Waals surface area contributed by atoms with E-state index in [1.165, 1.54) is 28.6 Å². The molecule has 1 unspecified atom stereocenters. The smallest absolute Gasteiger partial charge is 0.319 e. The Morgan fingerprint density at radius 3 is 2.38 bits per heavy atom. The lowest BCUT2D eigenvalue weighted by Gasteiger charge is -2.31. The molecule has 1 aromatic rings. The van der Waals surface area contributed by atoms with Crippen LogP contribution < -0.4 is 15.8 Å². The van der Waals surface area contributed by atoms with Crippen LogP contribution in [0.15, 0.2) is 29.2 Å². The molecule has 0 aromatic heterocycles. The van der Waals surface area contributed by atoms with Gasteiger partial charge in [-0.3, -0.25) is 0 Å². The van der Waals surface area contributed by atoms with E-state index in [0.717, 1.165) is 6.26 Å². The van der Waals surface area contributed by atoms with Gasteiger partial charge in [0.2, 0.25) is 20.0 Å². The highest BCUT2D eigenvalue weighted by atomic mass is 32.2. The van der Waals surface area contributed by atoms with Crippen molar-refractivity contribution in [1.82, 2.24) is 9.62 Å². The Morgan fingerprint density at radius 1 is 1.21 bits per heavy atom. The van der Waals surface area contributed by atoms with Crippen molar-refractivity contribution in [2.75, 3.05) is 24.7 Å². The number of amides is 2. The minimum absolute atomic E-state index is 0.0514. The van der Waals surface area contributed by atoms with Crippen molar-refractivity contribution < 1.29 is 21.6 Å². The molecule has 9 nitrogen and oxygen atoms in total. The average Bonchev–Trinajstić information content (AvgIpc) is 2.46. The number of carbonyl (C=O) groups is 1. The van der Waals surface area contributed by atoms with Gasteiger partial charge in [-0.2, -0.15) is 0 Å². The number of rotatable bonds is 4. The summed E-state index contributed by atoms with van der Waals surface area (Å²) in [6, 6.07) is 4.65. The van der Waals surface area contributed by atoms with Crippen molar-refractivity contribution >= 4 is 31.8 Å². The van der Waals surface area contributed by atoms with E-state index >= 15 is 0 Å². The summed E-state index contributed by atoms with van der Waals surface area (Å²) in [6.07, 6.45) is 2.49. The third-order valence-corrected chi connectivity index (χ3v) is 5.83. The van der Waals surface area contributed by atoms with Crippen LogP contribution in [0.25, 0.3) is 0 Å². The number of piperidine rings is 1. The van der Waals surface area contributed by atoms with Crippen LogP contribution in [-0.4, -0.2) is 52.6 Å². The van der Waals surface area contributed by atoms with Crippen LogP contribution in [0.4, 0.5) is 10.5 Å². The van der Waals surface area contributed by atoms with Crippen LogP contribution in [0.1, 0.15) is 12.8 Å². The van der Waals surface area contributed by atoms with Gasteiger partial charge < -0.3 is 10.6 Å². The van der Waals surface area contributed by atoms with Gasteiger partial charge in [-0.15, -0.1) is 0 Å². The lowest BCUT2D eigenvalue weighted by molar-refractivity contribution is 0.236. The molecule has 2 rings (SSSR count). The van der Waals surface area contributed by atoms with Gasteiger partial charge in [0.25, 0.3) is 0 Å². The summed E-state index contributed by atoms with van der Waals surface area (Å²) in [6.45, 7) is 0.685. The summed E-state index contributed by atoms with van der Waals surface area (Å²) >= 11 is 0. The van der Waals surface area contributed by atoms with Crippen LogP contribution in [0.2, 0.25) is 0 Å². The number of hydrogen-bond donors (Lipinski definition) is 3. The van der Waals surface area contributed by atoms with E-state index in [4.69, 9.17) is 5.14 Å². The van der Waals surface area contributed by atoms with Gasteiger partial charge in [0.05, 0.1) is 11.2 Å². The Morgan fingerprint density at radius 2 is 1.83 bits per heavy atom. The Kier molecular flexibility index (Phi) is 5.48. The number of nitrogens with two attached hydrogens (primary N) is 1. The molecule has 4 N–H and O–H groups in total. The fourth-order valence-corrected chi connectivity index (χ4v) is 3.87. The van der Waals surface area contributed by atoms with Gasteiger partial charge in [0, 0.05) is 24.8 Å². The average molecular weight is 376 g/mol. The van der Waals surface area contributed by atoms with E-state index in [1.807, 2.05) is 0 Å². The minimum atomic E-state index is -3.78. The van der Waals surface area contributed by atoms with E-state index in [9.17, 15) is 21.6 Å². The molecule has 1 aliphatic heterocycles. The van der Waals surface area contributed by atoms with Gasteiger partial charge >= 0.3 is 6.03 Å². The molecule has 0 saturated carbocycles. The van der Waals surface area contributed by atoms with Gasteiger partial charge in [0.1, 0.15) is 0 Å². The van der Waals surface area contributed by atoms with Gasteiger partial charge in [-0.25, -0.2) is 31.1 Å². The molecule has 1 atom stereocenters. The number of nitrogens with one attached hydrogen (secondary N) is 2. The van der Waals surface area contributed by atoms with Crippen LogP contribution in [0, 0.1) is 0 Å². The Labute approximate surface area is 141 Å². The highest BCUT2D eigenvalue weighted by Gasteiger charge is 2.26. The second-order valence-electron chi connectivity index (χ2n) is 5.63. The minimum Gasteiger partial charge on any atom is -0.334 e. The van der Waals surface area contributed by atoms with Crippen LogP contribution in [0.5, 0.6) is 0 Å². The fourth-order valence-electron chi connectivity index (χ4n) is 2.44. The SMILES string of the molecule is CS(=O)(=O)N1CCCC(NC(=O)Nc2ccc(S(N)(=O)=O)cc2)C1. The fraction of sp³-hybridized carbons (Fsp3) is 0.462. The maximum atomic E-state index is 12.0. The standard InChI is InChI=1S/C13H20N4O5S2/c1-23(19,20)17-8-2-3-11(9-17)16-13(18)15-10-4-6-12(7-5-10)24(14,21)22/h4-7,11H,2-3,8-9H2,1H3,(H2,14,21,22)(H2,15,16,18). The third-order valence-electron chi connectivity index (χ3n) is 3.63. The molecule has 1 heterocycles. The quantitative estimate of drug-likeness (QED) is 0.672. The van der Waals surface area contributed by atoms with Crippen LogP contribution in [-0.2, 0) is 20.0 Å². The summed E-state index contributed by atoms with van der Waals surface area (Å²) in [5.41, 5.74) is 0.399. The number of nitrogens with zero attached hydrogens (tertiary/aromatic N) is 1. The summed E-state index contributed by atoms with van der Waals surface area (Å²) < 4.78 is 46.8. The predicted octanol–water partition coefficient (Wildman–Crippen LogP) is -0.120. The molecule has 0 radical (unpaired) electrons. The largest absolute Gasteiger partial charge is 0.334 e. The van der Waals surface area contributed by atoms with E-state index in [1.54, 1.807) is 0 Å². The monoisotopic (exact) mass is 376 g/mol. The van der Waals surface area contributed by atoms with Crippen molar-refractivity contribution in [2.24, 2.45) is 5.14 Å². The molecule has 2 amide bonds. The summed E-state index contributed by atoms with van der Waals surface area (Å²) in [4.78, 5) is 11.9. The highest BCUT2D eigenvalue weighted by Crippen LogP contribution is 2.15. The van der Waals surface area contributed by atoms with Gasteiger partial charge in [-0.1, -0.05) is 0 Å². The molecule has 1 aromatic carbocycles. The van der Waals surface area contributed by atoms with Crippen molar-refractivity contribution in [2.45, 2.75) is 23.8 Å². The first kappa shape index (κ1) is 18.6. The number of hydrogen-bond acceptors (Lipinski definition) is 5. The number of sulfonamides is 2. The van der Waals surface area contributed by atoms with Gasteiger partial charge in [-0.05, 0) is 37.1 Å². The van der Waals surface area contributed by atoms with Crippen molar-refractivity contribution in [1.29, 1.82) is 0 Å². The zero-order valence-corrected chi connectivity index (χ0v) is 14.7. The van der Waals surface area contributed by atoms with Crippen LogP contribution in [0.3, 0.4) is 0 Å². The summed E-state index contributed by atoms with van der Waals surface area (Å²) in [7, 11) is -7.06. The molecule has 0 aliphatic carbocycles. The third kappa shape index (κ3) is 5.16. The number of primary sulfonamides is 1. The molecule has 1 fully saturated rings. The number of anilines is 1. The Balaban J connectivity index is 1.93. The molecule has 0 bridgehead atoms. The predicted molar refractivity (Wildman–Crippen MR) is 89.4 cm³/mol. The van der Waals surface area contributed by atoms with E-state index < -0.39 is 26.1 Å². The highest BCUT2D eigenvalue weighted by molar-refractivity contribution is 7.89. The van der Waals surface area contributed by atoms with E-state index in [0.29, 0.717) is 25.1 Å². The first-order chi connectivity index (χ1) is 11.1. The molecule has 1 saturated heterocycles. The lowest BCUT2D eigenvalue weighted by atomic mass is 10.1. The second kappa shape index (κ2) is 7.05. The normalized spacial score (nSPS) is 19.7. The maximum absolute atomic E-state index is 12.0. The summed E-state index contributed by atoms with van der Waals surface area (Å²) in [5, 5.41) is 10.3. The molecule has 134 valence electrons. The topological polar surface area (TPSA) is 139 Å². The first-order valence-electron chi connectivity index (χ1n) is 7.21. The van der Waals surface area contributed by atoms with Crippen LogP contribution >= 0.6 is 0 Å². The molecule has 11 heteroatoms. The maximum Gasteiger partial charge on any atom is 0.319 e. The summed E-state index contributed by atoms with van der Waals surface area (Å²) in [5.74, 6) is 0. The molecular weight excluding hydrogens is 356 g/mol. The molecular formula is C13H20N4O5S2. The Hall–Kier alpha value is -1.69. The number of carbonyl (C=O) groups excluding carboxylic acids is 1. The second-order valence-corrected chi connectivity index (χ2v) is 9.17. The molecule has 1 aliphatic rings. The number of benzene rings is 1. The zero-order valence-electron chi connectivity index (χ0n) is 13.1. The van der Waals surface area contributed by atoms with Crippen molar-refractivity contribution in [3.8, 4) is 0 Å². The number of urea groups is 1. The molecule has 0 spiro atoms. The zero-order chi connectivity index (χ0) is 18.0.